The molecule has 16 heteroatoms. The number of fused-ring (bicyclic) bond motifs is 1. The van der Waals surface area contributed by atoms with Crippen molar-refractivity contribution in [3.05, 3.63) is 76.8 Å². The van der Waals surface area contributed by atoms with E-state index in [9.17, 15) is 22.4 Å². The second-order valence-electron chi connectivity index (χ2n) is 13.7. The highest BCUT2D eigenvalue weighted by atomic mass is 35.5. The van der Waals surface area contributed by atoms with Gasteiger partial charge in [-0.25, -0.2) is 13.8 Å². The predicted molar refractivity (Wildman–Crippen MR) is 195 cm³/mol. The van der Waals surface area contributed by atoms with Gasteiger partial charge < -0.3 is 15.0 Å². The molecule has 0 unspecified atom stereocenters. The van der Waals surface area contributed by atoms with Gasteiger partial charge in [-0.05, 0) is 74.2 Å². The number of aromatic nitrogens is 2. The number of rotatable bonds is 11. The fourth-order valence-electron chi connectivity index (χ4n) is 7.37. The van der Waals surface area contributed by atoms with E-state index in [1.807, 2.05) is 17.0 Å². The van der Waals surface area contributed by atoms with Crippen LogP contribution in [0.15, 0.2) is 54.9 Å². The molecule has 3 N–H and O–H groups in total. The average Bonchev–Trinajstić information content (AvgIpc) is 3.77. The summed E-state index contributed by atoms with van der Waals surface area (Å²) in [6, 6.07) is 12.0. The zero-order valence-electron chi connectivity index (χ0n) is 28.4. The first-order valence-corrected chi connectivity index (χ1v) is 19.2. The Morgan fingerprint density at radius 3 is 2.37 bits per heavy atom. The first-order valence-electron chi connectivity index (χ1n) is 17.4. The lowest BCUT2D eigenvalue weighted by Gasteiger charge is -2.39. The van der Waals surface area contributed by atoms with Crippen LogP contribution >= 0.6 is 11.6 Å². The van der Waals surface area contributed by atoms with Crippen LogP contribution in [-0.4, -0.2) is 121 Å². The van der Waals surface area contributed by atoms with Crippen molar-refractivity contribution in [3.8, 4) is 11.1 Å². The molecule has 0 aliphatic carbocycles. The van der Waals surface area contributed by atoms with Crippen molar-refractivity contribution in [2.24, 2.45) is 5.92 Å². The number of nitrogens with one attached hydrogen (secondary N) is 2. The van der Waals surface area contributed by atoms with Crippen LogP contribution in [0.5, 0.6) is 0 Å². The standard InChI is InChI=1S/C36H40ClF2N7O5S/c37-34-31(42-52(50,51)46-12-9-26(38)21-46)6-5-30(39)33(34)35(49)29-19-41-36-28(29)17-25(18-40-36)24-1-3-27(4-2-24)45-15-13-44(14-16-45)20-23-7-10-43(11-8-23)22-32(47)48/h1-6,17-19,23,26,42H,7-16,20-22H2,(H,40,41)(H,47,48)/t26-/m1/s1. The van der Waals surface area contributed by atoms with Crippen molar-refractivity contribution in [2.45, 2.75) is 25.4 Å². The fourth-order valence-corrected chi connectivity index (χ4v) is 8.99. The maximum atomic E-state index is 15.2. The number of carbonyl (C=O) groups is 2. The van der Waals surface area contributed by atoms with Gasteiger partial charge in [-0.1, -0.05) is 23.7 Å². The number of alkyl halides is 1. The van der Waals surface area contributed by atoms with E-state index >= 15 is 4.39 Å². The molecule has 4 aromatic rings. The molecule has 3 saturated heterocycles. The van der Waals surface area contributed by atoms with Crippen LogP contribution in [0.3, 0.4) is 0 Å². The highest BCUT2D eigenvalue weighted by Gasteiger charge is 2.33. The van der Waals surface area contributed by atoms with E-state index in [4.69, 9.17) is 16.7 Å². The molecule has 0 radical (unpaired) electrons. The number of anilines is 2. The van der Waals surface area contributed by atoms with Crippen molar-refractivity contribution < 1.29 is 31.9 Å². The second-order valence-corrected chi connectivity index (χ2v) is 15.8. The number of hydrogen-bond donors (Lipinski definition) is 3. The molecule has 3 fully saturated rings. The molecule has 0 amide bonds. The van der Waals surface area contributed by atoms with Crippen LogP contribution in [0, 0.1) is 11.7 Å². The third-order valence-corrected chi connectivity index (χ3v) is 12.2. The van der Waals surface area contributed by atoms with Crippen molar-refractivity contribution in [1.82, 2.24) is 24.1 Å². The third kappa shape index (κ3) is 7.78. The summed E-state index contributed by atoms with van der Waals surface area (Å²) in [4.78, 5) is 39.1. The van der Waals surface area contributed by atoms with E-state index in [1.54, 1.807) is 12.3 Å². The number of carboxylic acid groups (broad SMARTS) is 1. The molecule has 2 aromatic heterocycles. The first kappa shape index (κ1) is 36.2. The van der Waals surface area contributed by atoms with Crippen molar-refractivity contribution in [3.63, 3.8) is 0 Å². The predicted octanol–water partition coefficient (Wildman–Crippen LogP) is 4.87. The normalized spacial score (nSPS) is 19.8. The number of carbonyl (C=O) groups excluding carboxylic acids is 1. The van der Waals surface area contributed by atoms with E-state index in [-0.39, 0.29) is 37.3 Å². The van der Waals surface area contributed by atoms with Crippen molar-refractivity contribution in [1.29, 1.82) is 0 Å². The number of likely N-dealkylation sites (tertiary alicyclic amines) is 1. The molecule has 12 nitrogen and oxygen atoms in total. The number of piperidine rings is 1. The van der Waals surface area contributed by atoms with Gasteiger partial charge in [-0.15, -0.1) is 0 Å². The number of hydrogen-bond acceptors (Lipinski definition) is 8. The van der Waals surface area contributed by atoms with Gasteiger partial charge in [-0.2, -0.15) is 12.7 Å². The largest absolute Gasteiger partial charge is 0.480 e. The lowest BCUT2D eigenvalue weighted by atomic mass is 9.96. The maximum Gasteiger partial charge on any atom is 0.317 e. The minimum absolute atomic E-state index is 0.00799. The Kier molecular flexibility index (Phi) is 10.5. The molecule has 0 spiro atoms. The molecule has 276 valence electrons. The number of ketones is 1. The van der Waals surface area contributed by atoms with Gasteiger partial charge in [0.25, 0.3) is 0 Å². The molecule has 5 heterocycles. The van der Waals surface area contributed by atoms with Crippen LogP contribution in [-0.2, 0) is 15.0 Å². The molecule has 0 bridgehead atoms. The van der Waals surface area contributed by atoms with Gasteiger partial charge in [-0.3, -0.25) is 24.1 Å². The Labute approximate surface area is 305 Å². The lowest BCUT2D eigenvalue weighted by molar-refractivity contribution is -0.138. The number of aliphatic carboxylic acids is 1. The minimum Gasteiger partial charge on any atom is -0.480 e. The Morgan fingerprint density at radius 2 is 1.69 bits per heavy atom. The smallest absolute Gasteiger partial charge is 0.317 e. The molecular weight excluding hydrogens is 716 g/mol. The van der Waals surface area contributed by atoms with Crippen LogP contribution in [0.4, 0.5) is 20.2 Å². The zero-order valence-corrected chi connectivity index (χ0v) is 30.0. The van der Waals surface area contributed by atoms with Crippen LogP contribution in [0.1, 0.15) is 35.2 Å². The van der Waals surface area contributed by atoms with Crippen LogP contribution in [0.2, 0.25) is 5.02 Å². The van der Waals surface area contributed by atoms with Crippen LogP contribution in [0.25, 0.3) is 22.2 Å². The number of piperazine rings is 1. The van der Waals surface area contributed by atoms with Crippen molar-refractivity contribution >= 4 is 56.0 Å². The highest BCUT2D eigenvalue weighted by Crippen LogP contribution is 2.34. The minimum atomic E-state index is -4.18. The molecular formula is C36H40ClF2N7O5S. The van der Waals surface area contributed by atoms with Gasteiger partial charge in [0.1, 0.15) is 17.6 Å². The van der Waals surface area contributed by atoms with E-state index in [2.05, 4.69) is 36.6 Å². The Morgan fingerprint density at radius 1 is 0.962 bits per heavy atom. The van der Waals surface area contributed by atoms with E-state index in [0.29, 0.717) is 17.0 Å². The lowest BCUT2D eigenvalue weighted by Crippen LogP contribution is -2.49. The summed E-state index contributed by atoms with van der Waals surface area (Å²) in [7, 11) is -4.18. The number of carboxylic acids is 1. The van der Waals surface area contributed by atoms with E-state index < -0.39 is 44.5 Å². The summed E-state index contributed by atoms with van der Waals surface area (Å²) < 4.78 is 57.8. The number of nitrogens with zero attached hydrogens (tertiary/aromatic N) is 5. The summed E-state index contributed by atoms with van der Waals surface area (Å²) in [6.45, 7) is 6.24. The zero-order chi connectivity index (χ0) is 36.6. The molecule has 1 atom stereocenters. The monoisotopic (exact) mass is 755 g/mol. The Balaban J connectivity index is 1.01. The third-order valence-electron chi connectivity index (χ3n) is 10.3. The van der Waals surface area contributed by atoms with E-state index in [1.165, 1.54) is 6.20 Å². The quantitative estimate of drug-likeness (QED) is 0.183. The molecule has 2 aromatic carbocycles. The van der Waals surface area contributed by atoms with Gasteiger partial charge in [0.2, 0.25) is 0 Å². The molecule has 7 rings (SSSR count). The fraction of sp³-hybridized carbons (Fsp3) is 0.417. The van der Waals surface area contributed by atoms with Gasteiger partial charge in [0.15, 0.2) is 5.78 Å². The SMILES string of the molecule is O=C(O)CN1CCC(CN2CCN(c3ccc(-c4cnc5[nH]cc(C(=O)c6c(F)ccc(NS(=O)(=O)N7CC[C@@H](F)C7)c6Cl)c5c4)cc3)CC2)CC1. The number of aromatic amines is 1. The van der Waals surface area contributed by atoms with Gasteiger partial charge in [0, 0.05) is 80.4 Å². The van der Waals surface area contributed by atoms with Gasteiger partial charge in [0.05, 0.1) is 22.8 Å². The summed E-state index contributed by atoms with van der Waals surface area (Å²) >= 11 is 6.46. The Hall–Kier alpha value is -4.15. The topological polar surface area (TPSA) is 142 Å². The average molecular weight is 756 g/mol. The summed E-state index contributed by atoms with van der Waals surface area (Å²) in [6.07, 6.45) is 3.96. The summed E-state index contributed by atoms with van der Waals surface area (Å²) in [5.41, 5.74) is 2.57. The van der Waals surface area contributed by atoms with Crippen molar-refractivity contribution in [2.75, 3.05) is 75.1 Å². The summed E-state index contributed by atoms with van der Waals surface area (Å²) in [5, 5.41) is 9.09. The first-order chi connectivity index (χ1) is 24.9. The highest BCUT2D eigenvalue weighted by molar-refractivity contribution is 7.90. The van der Waals surface area contributed by atoms with E-state index in [0.717, 1.165) is 91.9 Å². The molecule has 3 aliphatic heterocycles. The second kappa shape index (κ2) is 15.1. The maximum absolute atomic E-state index is 15.2. The molecule has 52 heavy (non-hydrogen) atoms. The number of benzene rings is 2. The summed E-state index contributed by atoms with van der Waals surface area (Å²) in [5.74, 6) is -1.85. The number of halogens is 3. The number of H-pyrrole nitrogens is 1. The van der Waals surface area contributed by atoms with Crippen LogP contribution < -0.4 is 9.62 Å². The molecule has 3 aliphatic rings. The molecule has 0 saturated carbocycles. The Bertz CT molecular complexity index is 2070. The number of pyridine rings is 1. The van der Waals surface area contributed by atoms with Gasteiger partial charge >= 0.3 is 16.2 Å².